The van der Waals surface area contributed by atoms with Crippen LogP contribution in [0, 0.1) is 5.41 Å². The van der Waals surface area contributed by atoms with E-state index in [2.05, 4.69) is 70.7 Å². The molecule has 0 unspecified atom stereocenters. The van der Waals surface area contributed by atoms with Gasteiger partial charge < -0.3 is 10.2 Å². The van der Waals surface area contributed by atoms with Crippen LogP contribution in [0.3, 0.4) is 0 Å². The lowest BCUT2D eigenvalue weighted by Gasteiger charge is -2.29. The summed E-state index contributed by atoms with van der Waals surface area (Å²) in [4.78, 5) is 11.6. The van der Waals surface area contributed by atoms with E-state index in [4.69, 9.17) is 4.98 Å². The highest BCUT2D eigenvalue weighted by Gasteiger charge is 2.18. The Balaban J connectivity index is 3.05. The van der Waals surface area contributed by atoms with Crippen molar-refractivity contribution in [1.29, 1.82) is 0 Å². The Morgan fingerprint density at radius 3 is 2.29 bits per heavy atom. The van der Waals surface area contributed by atoms with Gasteiger partial charge in [0.2, 0.25) is 0 Å². The van der Waals surface area contributed by atoms with E-state index in [0.29, 0.717) is 12.0 Å². The van der Waals surface area contributed by atoms with E-state index >= 15 is 0 Å². The van der Waals surface area contributed by atoms with Crippen LogP contribution in [0.5, 0.6) is 0 Å². The van der Waals surface area contributed by atoms with Crippen molar-refractivity contribution in [3.63, 3.8) is 0 Å². The van der Waals surface area contributed by atoms with Crippen molar-refractivity contribution < 1.29 is 0 Å². The molecule has 0 spiro atoms. The molecule has 0 atom stereocenters. The normalized spacial score (nSPS) is 12.3. The molecule has 1 heterocycles. The lowest BCUT2D eigenvalue weighted by molar-refractivity contribution is 0.418. The van der Waals surface area contributed by atoms with E-state index in [9.17, 15) is 0 Å². The summed E-state index contributed by atoms with van der Waals surface area (Å²) in [5.74, 6) is 1.27. The number of rotatable bonds is 6. The molecule has 1 aromatic heterocycles. The fourth-order valence-electron chi connectivity index (χ4n) is 2.25. The maximum atomic E-state index is 4.78. The van der Waals surface area contributed by atoms with E-state index in [1.807, 2.05) is 6.20 Å². The number of hydrogen-bond acceptors (Lipinski definition) is 4. The topological polar surface area (TPSA) is 41.1 Å². The average Bonchev–Trinajstić information content (AvgIpc) is 2.33. The monoisotopic (exact) mass is 292 g/mol. The van der Waals surface area contributed by atoms with Crippen molar-refractivity contribution in [2.24, 2.45) is 5.41 Å². The highest BCUT2D eigenvalue weighted by Crippen LogP contribution is 2.23. The number of hydrogen-bond donors (Lipinski definition) is 1. The summed E-state index contributed by atoms with van der Waals surface area (Å²) in [7, 11) is 2.12. The Labute approximate surface area is 130 Å². The molecule has 21 heavy (non-hydrogen) atoms. The zero-order valence-electron chi connectivity index (χ0n) is 15.0. The summed E-state index contributed by atoms with van der Waals surface area (Å²) in [6.45, 7) is 17.1. The quantitative estimate of drug-likeness (QED) is 0.870. The van der Waals surface area contributed by atoms with Crippen molar-refractivity contribution in [1.82, 2.24) is 15.3 Å². The minimum absolute atomic E-state index is 0.244. The van der Waals surface area contributed by atoms with Crippen molar-refractivity contribution in [2.45, 2.75) is 67.0 Å². The molecule has 0 amide bonds. The van der Waals surface area contributed by atoms with E-state index in [1.165, 1.54) is 0 Å². The van der Waals surface area contributed by atoms with Crippen LogP contribution < -0.4 is 10.2 Å². The predicted molar refractivity (Wildman–Crippen MR) is 90.8 cm³/mol. The summed E-state index contributed by atoms with van der Waals surface area (Å²) in [5, 5.41) is 3.47. The summed E-state index contributed by atoms with van der Waals surface area (Å²) < 4.78 is 0. The Kier molecular flexibility index (Phi) is 6.14. The molecule has 1 aromatic rings. The predicted octanol–water partition coefficient (Wildman–Crippen LogP) is 3.58. The molecule has 0 aliphatic carbocycles. The van der Waals surface area contributed by atoms with Gasteiger partial charge in [0, 0.05) is 32.1 Å². The van der Waals surface area contributed by atoms with Crippen LogP contribution >= 0.6 is 0 Å². The Morgan fingerprint density at radius 1 is 1.19 bits per heavy atom. The van der Waals surface area contributed by atoms with Crippen LogP contribution in [-0.2, 0) is 6.54 Å². The number of anilines is 1. The second kappa shape index (κ2) is 7.21. The molecule has 120 valence electrons. The van der Waals surface area contributed by atoms with Gasteiger partial charge in [-0.1, -0.05) is 48.5 Å². The second-order valence-electron chi connectivity index (χ2n) is 7.67. The largest absolute Gasteiger partial charge is 0.371 e. The molecule has 0 radical (unpaired) electrons. The van der Waals surface area contributed by atoms with Crippen LogP contribution in [0.25, 0.3) is 0 Å². The molecule has 0 aromatic carbocycles. The first-order valence-corrected chi connectivity index (χ1v) is 7.90. The average molecular weight is 292 g/mol. The maximum absolute atomic E-state index is 4.78. The van der Waals surface area contributed by atoms with Gasteiger partial charge in [-0.3, -0.25) is 0 Å². The summed E-state index contributed by atoms with van der Waals surface area (Å²) in [6, 6.07) is 0.447. The molecule has 0 aliphatic rings. The van der Waals surface area contributed by atoms with Crippen LogP contribution in [0.2, 0.25) is 0 Å². The third-order valence-corrected chi connectivity index (χ3v) is 3.18. The van der Waals surface area contributed by atoms with E-state index in [1.54, 1.807) is 0 Å². The van der Waals surface area contributed by atoms with Gasteiger partial charge in [0.05, 0.1) is 17.6 Å². The molecule has 4 nitrogen and oxygen atoms in total. The first-order chi connectivity index (χ1) is 9.60. The third kappa shape index (κ3) is 6.00. The second-order valence-corrected chi connectivity index (χ2v) is 7.67. The first kappa shape index (κ1) is 17.9. The fraction of sp³-hybridized carbons (Fsp3) is 0.765. The van der Waals surface area contributed by atoms with E-state index in [-0.39, 0.29) is 5.41 Å². The summed E-state index contributed by atoms with van der Waals surface area (Å²) >= 11 is 0. The van der Waals surface area contributed by atoms with Gasteiger partial charge in [-0.2, -0.15) is 0 Å². The van der Waals surface area contributed by atoms with E-state index in [0.717, 1.165) is 30.3 Å². The molecule has 4 heteroatoms. The minimum atomic E-state index is 0.244. The highest BCUT2D eigenvalue weighted by atomic mass is 15.1. The minimum Gasteiger partial charge on any atom is -0.371 e. The Morgan fingerprint density at radius 2 is 1.81 bits per heavy atom. The smallest absolute Gasteiger partial charge is 0.131 e. The van der Waals surface area contributed by atoms with Gasteiger partial charge >= 0.3 is 0 Å². The van der Waals surface area contributed by atoms with Crippen molar-refractivity contribution >= 4 is 5.69 Å². The van der Waals surface area contributed by atoms with Crippen LogP contribution in [0.15, 0.2) is 6.20 Å². The van der Waals surface area contributed by atoms with Crippen LogP contribution in [0.4, 0.5) is 5.69 Å². The highest BCUT2D eigenvalue weighted by molar-refractivity contribution is 5.48. The SMILES string of the molecule is CC(C)NCc1nc(C(C)C)ncc1N(C)CC(C)(C)C. The summed E-state index contributed by atoms with van der Waals surface area (Å²) in [6.07, 6.45) is 1.98. The molecule has 0 fully saturated rings. The molecule has 0 bridgehead atoms. The van der Waals surface area contributed by atoms with Gasteiger partial charge in [-0.25, -0.2) is 9.97 Å². The standard InChI is InChI=1S/C17H32N4/c1-12(2)16-19-10-15(21(8)11-17(5,6)7)14(20-16)9-18-13(3)4/h10,12-13,18H,9,11H2,1-8H3. The number of nitrogens with zero attached hydrogens (tertiary/aromatic N) is 3. The lowest BCUT2D eigenvalue weighted by atomic mass is 9.96. The zero-order chi connectivity index (χ0) is 16.2. The molecule has 1 rings (SSSR count). The van der Waals surface area contributed by atoms with Crippen LogP contribution in [-0.4, -0.2) is 29.6 Å². The van der Waals surface area contributed by atoms with Gasteiger partial charge in [0.25, 0.3) is 0 Å². The van der Waals surface area contributed by atoms with Gasteiger partial charge in [-0.05, 0) is 5.41 Å². The Bertz CT molecular complexity index is 447. The van der Waals surface area contributed by atoms with Crippen molar-refractivity contribution in [2.75, 3.05) is 18.5 Å². The molecular weight excluding hydrogens is 260 g/mol. The van der Waals surface area contributed by atoms with Gasteiger partial charge in [-0.15, -0.1) is 0 Å². The molecule has 1 N–H and O–H groups in total. The van der Waals surface area contributed by atoms with Gasteiger partial charge in [0.15, 0.2) is 0 Å². The number of nitrogens with one attached hydrogen (secondary N) is 1. The maximum Gasteiger partial charge on any atom is 0.131 e. The van der Waals surface area contributed by atoms with Gasteiger partial charge in [0.1, 0.15) is 5.82 Å². The third-order valence-electron chi connectivity index (χ3n) is 3.18. The Hall–Kier alpha value is -1.16. The van der Waals surface area contributed by atoms with Crippen LogP contribution in [0.1, 0.15) is 65.9 Å². The van der Waals surface area contributed by atoms with Crippen molar-refractivity contribution in [3.05, 3.63) is 17.7 Å². The number of aromatic nitrogens is 2. The first-order valence-electron chi connectivity index (χ1n) is 7.90. The molecule has 0 aliphatic heterocycles. The lowest BCUT2D eigenvalue weighted by Crippen LogP contribution is -2.31. The molecular formula is C17H32N4. The van der Waals surface area contributed by atoms with E-state index < -0.39 is 0 Å². The summed E-state index contributed by atoms with van der Waals surface area (Å²) in [5.41, 5.74) is 2.46. The molecule has 0 saturated carbocycles. The fourth-order valence-corrected chi connectivity index (χ4v) is 2.25. The zero-order valence-corrected chi connectivity index (χ0v) is 15.0. The molecule has 0 saturated heterocycles. The van der Waals surface area contributed by atoms with Crippen molar-refractivity contribution in [3.8, 4) is 0 Å².